The molecule has 0 bridgehead atoms. The second-order valence-corrected chi connectivity index (χ2v) is 5.69. The van der Waals surface area contributed by atoms with Crippen molar-refractivity contribution in [3.8, 4) is 0 Å². The maximum Gasteiger partial charge on any atom is 0.317 e. The average Bonchev–Trinajstić information content (AvgIpc) is 2.72. The SMILES string of the molecule is CC(C)n1cncc1CN1CCCN(CC(=O)O)CC1. The molecule has 0 aliphatic carbocycles. The Hall–Kier alpha value is -1.40. The molecule has 1 N–H and O–H groups in total. The summed E-state index contributed by atoms with van der Waals surface area (Å²) < 4.78 is 2.19. The van der Waals surface area contributed by atoms with E-state index in [0.717, 1.165) is 39.1 Å². The number of nitrogens with zero attached hydrogens (tertiary/aromatic N) is 4. The Morgan fingerprint density at radius 2 is 2.00 bits per heavy atom. The number of carboxylic acids is 1. The van der Waals surface area contributed by atoms with Crippen LogP contribution in [-0.4, -0.2) is 63.2 Å². The zero-order valence-corrected chi connectivity index (χ0v) is 12.3. The lowest BCUT2D eigenvalue weighted by Crippen LogP contribution is -2.34. The van der Waals surface area contributed by atoms with Gasteiger partial charge in [0.2, 0.25) is 0 Å². The average molecular weight is 280 g/mol. The van der Waals surface area contributed by atoms with Crippen LogP contribution >= 0.6 is 0 Å². The van der Waals surface area contributed by atoms with Gasteiger partial charge in [-0.25, -0.2) is 4.98 Å². The highest BCUT2D eigenvalue weighted by molar-refractivity contribution is 5.69. The molecule has 0 atom stereocenters. The highest BCUT2D eigenvalue weighted by atomic mass is 16.4. The quantitative estimate of drug-likeness (QED) is 0.874. The molecule has 2 rings (SSSR count). The maximum absolute atomic E-state index is 10.8. The van der Waals surface area contributed by atoms with Crippen LogP contribution < -0.4 is 0 Å². The smallest absolute Gasteiger partial charge is 0.317 e. The number of aromatic nitrogens is 2. The van der Waals surface area contributed by atoms with Crippen molar-refractivity contribution in [2.24, 2.45) is 0 Å². The van der Waals surface area contributed by atoms with Gasteiger partial charge in [-0.15, -0.1) is 0 Å². The van der Waals surface area contributed by atoms with Crippen LogP contribution in [0.5, 0.6) is 0 Å². The molecule has 0 saturated carbocycles. The first kappa shape index (κ1) is 15.0. The van der Waals surface area contributed by atoms with Crippen LogP contribution in [0.4, 0.5) is 0 Å². The van der Waals surface area contributed by atoms with Crippen molar-refractivity contribution in [2.75, 3.05) is 32.7 Å². The Bertz CT molecular complexity index is 444. The van der Waals surface area contributed by atoms with E-state index in [1.54, 1.807) is 0 Å². The summed E-state index contributed by atoms with van der Waals surface area (Å²) in [5.41, 5.74) is 1.23. The van der Waals surface area contributed by atoms with Gasteiger partial charge in [-0.3, -0.25) is 14.6 Å². The van der Waals surface area contributed by atoms with Crippen molar-refractivity contribution in [3.05, 3.63) is 18.2 Å². The van der Waals surface area contributed by atoms with Gasteiger partial charge in [0, 0.05) is 38.4 Å². The molecule has 0 radical (unpaired) electrons. The second-order valence-electron chi connectivity index (χ2n) is 5.69. The summed E-state index contributed by atoms with van der Waals surface area (Å²) in [6, 6.07) is 0.419. The maximum atomic E-state index is 10.8. The van der Waals surface area contributed by atoms with Crippen LogP contribution in [0.15, 0.2) is 12.5 Å². The van der Waals surface area contributed by atoms with Crippen LogP contribution in [0.25, 0.3) is 0 Å². The molecule has 6 heteroatoms. The van der Waals surface area contributed by atoms with Crippen molar-refractivity contribution in [2.45, 2.75) is 32.9 Å². The van der Waals surface area contributed by atoms with Crippen molar-refractivity contribution < 1.29 is 9.90 Å². The summed E-state index contributed by atoms with van der Waals surface area (Å²) in [6.07, 6.45) is 4.83. The van der Waals surface area contributed by atoms with Gasteiger partial charge in [0.1, 0.15) is 0 Å². The van der Waals surface area contributed by atoms with E-state index >= 15 is 0 Å². The molecule has 1 aliphatic heterocycles. The summed E-state index contributed by atoms with van der Waals surface area (Å²) >= 11 is 0. The Kier molecular flexibility index (Phi) is 5.14. The zero-order chi connectivity index (χ0) is 14.5. The van der Waals surface area contributed by atoms with Crippen LogP contribution in [-0.2, 0) is 11.3 Å². The minimum Gasteiger partial charge on any atom is -0.480 e. The minimum atomic E-state index is -0.740. The highest BCUT2D eigenvalue weighted by Gasteiger charge is 2.18. The van der Waals surface area contributed by atoms with Gasteiger partial charge in [-0.1, -0.05) is 0 Å². The lowest BCUT2D eigenvalue weighted by atomic mass is 10.3. The number of hydrogen-bond acceptors (Lipinski definition) is 4. The van der Waals surface area contributed by atoms with Crippen LogP contribution in [0, 0.1) is 0 Å². The third kappa shape index (κ3) is 4.05. The first-order valence-electron chi connectivity index (χ1n) is 7.23. The molecule has 0 unspecified atom stereocenters. The normalized spacial score (nSPS) is 18.4. The lowest BCUT2D eigenvalue weighted by molar-refractivity contribution is -0.138. The molecule has 1 aromatic heterocycles. The van der Waals surface area contributed by atoms with Gasteiger partial charge in [-0.2, -0.15) is 0 Å². The Balaban J connectivity index is 1.91. The number of aliphatic carboxylic acids is 1. The van der Waals surface area contributed by atoms with E-state index in [2.05, 4.69) is 28.3 Å². The zero-order valence-electron chi connectivity index (χ0n) is 12.3. The van der Waals surface area contributed by atoms with Gasteiger partial charge < -0.3 is 9.67 Å². The third-order valence-electron chi connectivity index (χ3n) is 3.73. The van der Waals surface area contributed by atoms with E-state index in [1.165, 1.54) is 5.69 Å². The van der Waals surface area contributed by atoms with Crippen LogP contribution in [0.1, 0.15) is 32.0 Å². The second kappa shape index (κ2) is 6.85. The number of hydrogen-bond donors (Lipinski definition) is 1. The van der Waals surface area contributed by atoms with Gasteiger partial charge in [0.05, 0.1) is 18.6 Å². The summed E-state index contributed by atoms with van der Waals surface area (Å²) in [6.45, 7) is 8.96. The van der Waals surface area contributed by atoms with Crippen LogP contribution in [0.2, 0.25) is 0 Å². The molecule has 0 aromatic carbocycles. The Morgan fingerprint density at radius 3 is 2.70 bits per heavy atom. The minimum absolute atomic E-state index is 0.151. The van der Waals surface area contributed by atoms with Gasteiger partial charge in [0.15, 0.2) is 0 Å². The molecule has 2 heterocycles. The lowest BCUT2D eigenvalue weighted by Gasteiger charge is -2.22. The van der Waals surface area contributed by atoms with Gasteiger partial charge in [0.25, 0.3) is 0 Å². The molecule has 1 aromatic rings. The molecular weight excluding hydrogens is 256 g/mol. The van der Waals surface area contributed by atoms with Crippen LogP contribution in [0.3, 0.4) is 0 Å². The van der Waals surface area contributed by atoms with Crippen molar-refractivity contribution >= 4 is 5.97 Å². The van der Waals surface area contributed by atoms with Crippen molar-refractivity contribution in [3.63, 3.8) is 0 Å². The molecule has 0 spiro atoms. The van der Waals surface area contributed by atoms with Crippen molar-refractivity contribution in [1.82, 2.24) is 19.4 Å². The topological polar surface area (TPSA) is 61.6 Å². The first-order valence-corrected chi connectivity index (χ1v) is 7.23. The molecule has 1 aliphatic rings. The fourth-order valence-electron chi connectivity index (χ4n) is 2.68. The monoisotopic (exact) mass is 280 g/mol. The molecule has 1 saturated heterocycles. The fraction of sp³-hybridized carbons (Fsp3) is 0.714. The predicted octanol–water partition coefficient (Wildman–Crippen LogP) is 1.06. The summed E-state index contributed by atoms with van der Waals surface area (Å²) in [5, 5.41) is 8.86. The first-order chi connectivity index (χ1) is 9.56. The Morgan fingerprint density at radius 1 is 1.30 bits per heavy atom. The highest BCUT2D eigenvalue weighted by Crippen LogP contribution is 2.13. The summed E-state index contributed by atoms with van der Waals surface area (Å²) in [7, 11) is 0. The van der Waals surface area contributed by atoms with E-state index in [4.69, 9.17) is 5.11 Å². The molecule has 6 nitrogen and oxygen atoms in total. The molecular formula is C14H24N4O2. The van der Waals surface area contributed by atoms with E-state index in [0.29, 0.717) is 6.04 Å². The van der Waals surface area contributed by atoms with E-state index in [1.807, 2.05) is 17.4 Å². The molecule has 1 fully saturated rings. The number of carboxylic acid groups (broad SMARTS) is 1. The standard InChI is InChI=1S/C14H24N4O2/c1-12(2)18-11-15-8-13(18)9-16-4-3-5-17(7-6-16)10-14(19)20/h8,11-12H,3-7,9-10H2,1-2H3,(H,19,20). The molecule has 0 amide bonds. The van der Waals surface area contributed by atoms with E-state index < -0.39 is 5.97 Å². The predicted molar refractivity (Wildman–Crippen MR) is 76.6 cm³/mol. The van der Waals surface area contributed by atoms with Gasteiger partial charge in [-0.05, 0) is 26.8 Å². The van der Waals surface area contributed by atoms with E-state index in [9.17, 15) is 4.79 Å². The third-order valence-corrected chi connectivity index (χ3v) is 3.73. The molecule has 20 heavy (non-hydrogen) atoms. The fourth-order valence-corrected chi connectivity index (χ4v) is 2.68. The largest absolute Gasteiger partial charge is 0.480 e. The van der Waals surface area contributed by atoms with E-state index in [-0.39, 0.29) is 6.54 Å². The summed E-state index contributed by atoms with van der Waals surface area (Å²) in [4.78, 5) is 19.4. The summed E-state index contributed by atoms with van der Waals surface area (Å²) in [5.74, 6) is -0.740. The number of imidazole rings is 1. The molecule has 112 valence electrons. The number of carbonyl (C=O) groups is 1. The van der Waals surface area contributed by atoms with Gasteiger partial charge >= 0.3 is 5.97 Å². The van der Waals surface area contributed by atoms with Crippen molar-refractivity contribution in [1.29, 1.82) is 0 Å². The Labute approximate surface area is 120 Å². The number of rotatable bonds is 5.